The number of benzene rings is 1. The van der Waals surface area contributed by atoms with E-state index in [1.807, 2.05) is 25.1 Å². The van der Waals surface area contributed by atoms with Crippen molar-refractivity contribution in [1.82, 2.24) is 20.3 Å². The lowest BCUT2D eigenvalue weighted by Gasteiger charge is -2.14. The molecule has 1 atom stereocenters. The molecule has 6 nitrogen and oxygen atoms in total. The largest absolute Gasteiger partial charge is 0.353 e. The second-order valence-corrected chi connectivity index (χ2v) is 6.88. The smallest absolute Gasteiger partial charge is 0.255 e. The molecule has 2 heterocycles. The highest BCUT2D eigenvalue weighted by molar-refractivity contribution is 5.79. The molecule has 0 radical (unpaired) electrons. The Balaban J connectivity index is 1.61. The monoisotopic (exact) mass is 376 g/mol. The number of aromatic amines is 1. The van der Waals surface area contributed by atoms with E-state index in [1.54, 1.807) is 31.5 Å². The summed E-state index contributed by atoms with van der Waals surface area (Å²) in [4.78, 5) is 36.0. The Morgan fingerprint density at radius 1 is 1.14 bits per heavy atom. The Morgan fingerprint density at radius 3 is 2.54 bits per heavy atom. The molecule has 0 aliphatic heterocycles. The van der Waals surface area contributed by atoms with Gasteiger partial charge in [0, 0.05) is 35.3 Å². The molecular formula is C22H24N4O2. The van der Waals surface area contributed by atoms with E-state index < -0.39 is 0 Å². The molecule has 0 saturated carbocycles. The van der Waals surface area contributed by atoms with Gasteiger partial charge in [0.15, 0.2) is 0 Å². The zero-order valence-corrected chi connectivity index (χ0v) is 16.1. The summed E-state index contributed by atoms with van der Waals surface area (Å²) in [5, 5.41) is 2.97. The zero-order valence-electron chi connectivity index (χ0n) is 16.1. The standard InChI is InChI=1S/C22H24N4O2/c1-15(8-9-17-6-4-3-5-7-17)24-20(27)14-19-16(2)25-21(26-22(19)28)18-10-12-23-13-11-18/h3-7,10-13,15H,8-9,14H2,1-2H3,(H,24,27)(H,25,26,28)/t15-/m0/s1. The van der Waals surface area contributed by atoms with Crippen LogP contribution in [0.15, 0.2) is 59.7 Å². The highest BCUT2D eigenvalue weighted by atomic mass is 16.2. The maximum Gasteiger partial charge on any atom is 0.255 e. The summed E-state index contributed by atoms with van der Waals surface area (Å²) < 4.78 is 0. The number of hydrogen-bond donors (Lipinski definition) is 2. The molecule has 0 spiro atoms. The summed E-state index contributed by atoms with van der Waals surface area (Å²) in [6.45, 7) is 3.73. The molecule has 1 aromatic carbocycles. The first-order chi connectivity index (χ1) is 13.5. The number of aromatic nitrogens is 3. The van der Waals surface area contributed by atoms with Crippen molar-refractivity contribution >= 4 is 5.91 Å². The molecule has 0 fully saturated rings. The predicted octanol–water partition coefficient (Wildman–Crippen LogP) is 2.82. The highest BCUT2D eigenvalue weighted by Crippen LogP contribution is 2.13. The number of pyridine rings is 1. The van der Waals surface area contributed by atoms with Crippen LogP contribution in [0.1, 0.15) is 30.2 Å². The molecule has 28 heavy (non-hydrogen) atoms. The number of carbonyl (C=O) groups excluding carboxylic acids is 1. The van der Waals surface area contributed by atoms with E-state index in [0.717, 1.165) is 18.4 Å². The van der Waals surface area contributed by atoms with Gasteiger partial charge in [-0.05, 0) is 44.4 Å². The van der Waals surface area contributed by atoms with E-state index in [-0.39, 0.29) is 23.9 Å². The molecule has 0 bridgehead atoms. The fourth-order valence-corrected chi connectivity index (χ4v) is 3.05. The topological polar surface area (TPSA) is 87.7 Å². The van der Waals surface area contributed by atoms with Crippen molar-refractivity contribution in [2.45, 2.75) is 39.2 Å². The second-order valence-electron chi connectivity index (χ2n) is 6.88. The van der Waals surface area contributed by atoms with E-state index in [1.165, 1.54) is 5.56 Å². The number of nitrogens with zero attached hydrogens (tertiary/aromatic N) is 2. The minimum Gasteiger partial charge on any atom is -0.353 e. The van der Waals surface area contributed by atoms with Gasteiger partial charge in [-0.15, -0.1) is 0 Å². The number of amides is 1. The van der Waals surface area contributed by atoms with Crippen LogP contribution >= 0.6 is 0 Å². The Labute approximate surface area is 164 Å². The Bertz CT molecular complexity index is 984. The molecule has 2 N–H and O–H groups in total. The van der Waals surface area contributed by atoms with E-state index in [4.69, 9.17) is 0 Å². The van der Waals surface area contributed by atoms with Crippen LogP contribution in [0, 0.1) is 6.92 Å². The number of hydrogen-bond acceptors (Lipinski definition) is 4. The van der Waals surface area contributed by atoms with Gasteiger partial charge in [-0.25, -0.2) is 4.98 Å². The van der Waals surface area contributed by atoms with Gasteiger partial charge in [-0.3, -0.25) is 14.6 Å². The summed E-state index contributed by atoms with van der Waals surface area (Å²) in [5.74, 6) is 0.304. The summed E-state index contributed by atoms with van der Waals surface area (Å²) >= 11 is 0. The third kappa shape index (κ3) is 5.13. The normalized spacial score (nSPS) is 11.8. The van der Waals surface area contributed by atoms with Gasteiger partial charge in [0.05, 0.1) is 6.42 Å². The average Bonchev–Trinajstić information content (AvgIpc) is 2.70. The maximum atomic E-state index is 12.5. The number of nitrogens with one attached hydrogen (secondary N) is 2. The maximum absolute atomic E-state index is 12.5. The van der Waals surface area contributed by atoms with Crippen LogP contribution in [0.25, 0.3) is 11.4 Å². The molecule has 1 amide bonds. The van der Waals surface area contributed by atoms with Crippen LogP contribution in [0.5, 0.6) is 0 Å². The predicted molar refractivity (Wildman–Crippen MR) is 109 cm³/mol. The molecule has 0 aliphatic rings. The van der Waals surface area contributed by atoms with Gasteiger partial charge < -0.3 is 10.3 Å². The molecule has 144 valence electrons. The third-order valence-corrected chi connectivity index (χ3v) is 4.63. The van der Waals surface area contributed by atoms with E-state index in [2.05, 4.69) is 32.4 Å². The van der Waals surface area contributed by atoms with E-state index in [0.29, 0.717) is 17.1 Å². The van der Waals surface area contributed by atoms with Crippen LogP contribution in [0.2, 0.25) is 0 Å². The van der Waals surface area contributed by atoms with E-state index >= 15 is 0 Å². The van der Waals surface area contributed by atoms with Crippen molar-refractivity contribution in [3.63, 3.8) is 0 Å². The van der Waals surface area contributed by atoms with Crippen molar-refractivity contribution < 1.29 is 4.79 Å². The lowest BCUT2D eigenvalue weighted by Crippen LogP contribution is -2.35. The van der Waals surface area contributed by atoms with Gasteiger partial charge in [-0.1, -0.05) is 30.3 Å². The van der Waals surface area contributed by atoms with Crippen LogP contribution < -0.4 is 10.9 Å². The summed E-state index contributed by atoms with van der Waals surface area (Å²) in [6, 6.07) is 13.7. The summed E-state index contributed by atoms with van der Waals surface area (Å²) in [7, 11) is 0. The quantitative estimate of drug-likeness (QED) is 0.664. The number of H-pyrrole nitrogens is 1. The number of rotatable bonds is 7. The first-order valence-electron chi connectivity index (χ1n) is 9.36. The second kappa shape index (κ2) is 9.08. The van der Waals surface area contributed by atoms with Crippen LogP contribution in [-0.4, -0.2) is 26.9 Å². The third-order valence-electron chi connectivity index (χ3n) is 4.63. The molecule has 0 unspecified atom stereocenters. The zero-order chi connectivity index (χ0) is 19.9. The van der Waals surface area contributed by atoms with E-state index in [9.17, 15) is 9.59 Å². The SMILES string of the molecule is Cc1nc(-c2ccncc2)[nH]c(=O)c1CC(=O)N[C@@H](C)CCc1ccccc1. The van der Waals surface area contributed by atoms with Crippen molar-refractivity contribution in [3.05, 3.63) is 82.0 Å². The lowest BCUT2D eigenvalue weighted by atomic mass is 10.1. The fourth-order valence-electron chi connectivity index (χ4n) is 3.05. The Morgan fingerprint density at radius 2 is 1.86 bits per heavy atom. The molecular weight excluding hydrogens is 352 g/mol. The lowest BCUT2D eigenvalue weighted by molar-refractivity contribution is -0.121. The Hall–Kier alpha value is -3.28. The Kier molecular flexibility index (Phi) is 6.32. The van der Waals surface area contributed by atoms with Gasteiger partial charge >= 0.3 is 0 Å². The number of carbonyl (C=O) groups is 1. The summed E-state index contributed by atoms with van der Waals surface area (Å²) in [6.07, 6.45) is 5.03. The fraction of sp³-hybridized carbons (Fsp3) is 0.273. The van der Waals surface area contributed by atoms with Gasteiger partial charge in [-0.2, -0.15) is 0 Å². The van der Waals surface area contributed by atoms with Gasteiger partial charge in [0.1, 0.15) is 5.82 Å². The van der Waals surface area contributed by atoms with Crippen molar-refractivity contribution in [3.8, 4) is 11.4 Å². The van der Waals surface area contributed by atoms with Crippen LogP contribution in [0.4, 0.5) is 0 Å². The van der Waals surface area contributed by atoms with Crippen LogP contribution in [-0.2, 0) is 17.6 Å². The highest BCUT2D eigenvalue weighted by Gasteiger charge is 2.15. The number of aryl methyl sites for hydroxylation is 2. The first-order valence-corrected chi connectivity index (χ1v) is 9.36. The molecule has 2 aromatic heterocycles. The first kappa shape index (κ1) is 19.5. The van der Waals surface area contributed by atoms with Crippen LogP contribution in [0.3, 0.4) is 0 Å². The van der Waals surface area contributed by atoms with Crippen molar-refractivity contribution in [1.29, 1.82) is 0 Å². The molecule has 0 saturated heterocycles. The minimum absolute atomic E-state index is 0.0144. The van der Waals surface area contributed by atoms with Gasteiger partial charge in [0.2, 0.25) is 5.91 Å². The summed E-state index contributed by atoms with van der Waals surface area (Å²) in [5.41, 5.74) is 2.69. The minimum atomic E-state index is -0.286. The van der Waals surface area contributed by atoms with Crippen molar-refractivity contribution in [2.75, 3.05) is 0 Å². The molecule has 3 aromatic rings. The van der Waals surface area contributed by atoms with Crippen molar-refractivity contribution in [2.24, 2.45) is 0 Å². The molecule has 6 heteroatoms. The van der Waals surface area contributed by atoms with Gasteiger partial charge in [0.25, 0.3) is 5.56 Å². The molecule has 0 aliphatic carbocycles. The average molecular weight is 376 g/mol. The molecule has 3 rings (SSSR count).